The van der Waals surface area contributed by atoms with Crippen LogP contribution in [0, 0.1) is 0 Å². The van der Waals surface area contributed by atoms with Crippen LogP contribution in [0.2, 0.25) is 0 Å². The summed E-state index contributed by atoms with van der Waals surface area (Å²) in [5.41, 5.74) is 0.228. The minimum absolute atomic E-state index is 0.0266. The Morgan fingerprint density at radius 3 is 2.62 bits per heavy atom. The van der Waals surface area contributed by atoms with E-state index >= 15 is 0 Å². The number of likely N-dealkylation sites (tertiary alicyclic amines) is 1. The molecule has 1 aromatic carbocycles. The van der Waals surface area contributed by atoms with Crippen molar-refractivity contribution in [1.29, 1.82) is 0 Å². The Hall–Kier alpha value is -1.63. The number of aliphatic hydroxyl groups is 1. The molecule has 0 saturated carbocycles. The highest BCUT2D eigenvalue weighted by molar-refractivity contribution is 6.00. The molecule has 0 radical (unpaired) electrons. The second-order valence-electron chi connectivity index (χ2n) is 5.19. The van der Waals surface area contributed by atoms with E-state index < -0.39 is 0 Å². The summed E-state index contributed by atoms with van der Waals surface area (Å²) in [6.07, 6.45) is 1.80. The number of carbonyl (C=O) groups is 1. The van der Waals surface area contributed by atoms with Crippen molar-refractivity contribution in [3.05, 3.63) is 23.8 Å². The first-order valence-corrected chi connectivity index (χ1v) is 7.10. The van der Waals surface area contributed by atoms with E-state index in [1.807, 2.05) is 4.90 Å². The van der Waals surface area contributed by atoms with Crippen molar-refractivity contribution in [3.63, 3.8) is 0 Å². The summed E-state index contributed by atoms with van der Waals surface area (Å²) in [5, 5.41) is 27.6. The molecule has 2 rings (SSSR count). The van der Waals surface area contributed by atoms with Crippen molar-refractivity contribution in [2.75, 3.05) is 32.8 Å². The van der Waals surface area contributed by atoms with Crippen LogP contribution in [0.25, 0.3) is 0 Å². The summed E-state index contributed by atoms with van der Waals surface area (Å²) in [6, 6.07) is 3.99. The molecule has 21 heavy (non-hydrogen) atoms. The van der Waals surface area contributed by atoms with Crippen LogP contribution in [0.4, 0.5) is 0 Å². The highest BCUT2D eigenvalue weighted by Crippen LogP contribution is 2.23. The molecule has 116 valence electrons. The van der Waals surface area contributed by atoms with Crippen LogP contribution in [0.5, 0.6) is 11.5 Å². The van der Waals surface area contributed by atoms with Gasteiger partial charge in [0.1, 0.15) is 11.5 Å². The smallest absolute Gasteiger partial charge is 0.180 e. The first-order valence-electron chi connectivity index (χ1n) is 7.10. The van der Waals surface area contributed by atoms with Gasteiger partial charge in [0, 0.05) is 19.2 Å². The second kappa shape index (κ2) is 7.40. The molecule has 1 aromatic rings. The van der Waals surface area contributed by atoms with Crippen LogP contribution in [-0.4, -0.2) is 65.0 Å². The van der Waals surface area contributed by atoms with Gasteiger partial charge in [0.25, 0.3) is 0 Å². The Morgan fingerprint density at radius 2 is 2.00 bits per heavy atom. The lowest BCUT2D eigenvalue weighted by atomic mass is 10.1. The number of phenolic OH excluding ortho intramolecular Hbond substituents is 2. The fourth-order valence-corrected chi connectivity index (χ4v) is 2.50. The average Bonchev–Trinajstić information content (AvgIpc) is 2.46. The van der Waals surface area contributed by atoms with E-state index in [0.29, 0.717) is 6.61 Å². The number of ketones is 1. The summed E-state index contributed by atoms with van der Waals surface area (Å²) in [7, 11) is 0. The van der Waals surface area contributed by atoms with Gasteiger partial charge in [0.05, 0.1) is 31.4 Å². The molecular formula is C15H21NO5. The van der Waals surface area contributed by atoms with Crippen LogP contribution < -0.4 is 0 Å². The molecule has 0 aliphatic carbocycles. The molecule has 6 nitrogen and oxygen atoms in total. The van der Waals surface area contributed by atoms with E-state index in [1.54, 1.807) is 0 Å². The van der Waals surface area contributed by atoms with E-state index in [1.165, 1.54) is 18.2 Å². The highest BCUT2D eigenvalue weighted by atomic mass is 16.5. The minimum atomic E-state index is -0.193. The summed E-state index contributed by atoms with van der Waals surface area (Å²) < 4.78 is 5.47. The number of aromatic hydroxyl groups is 2. The van der Waals surface area contributed by atoms with Gasteiger partial charge in [-0.25, -0.2) is 0 Å². The van der Waals surface area contributed by atoms with Gasteiger partial charge in [0.2, 0.25) is 0 Å². The van der Waals surface area contributed by atoms with E-state index in [9.17, 15) is 15.0 Å². The molecule has 0 amide bonds. The van der Waals surface area contributed by atoms with Crippen molar-refractivity contribution in [2.24, 2.45) is 0 Å². The lowest BCUT2D eigenvalue weighted by molar-refractivity contribution is -0.00690. The third-order valence-corrected chi connectivity index (χ3v) is 3.63. The fraction of sp³-hybridized carbons (Fsp3) is 0.533. The van der Waals surface area contributed by atoms with Gasteiger partial charge in [-0.3, -0.25) is 9.69 Å². The van der Waals surface area contributed by atoms with E-state index in [-0.39, 0.29) is 42.1 Å². The fourth-order valence-electron chi connectivity index (χ4n) is 2.50. The van der Waals surface area contributed by atoms with Crippen molar-refractivity contribution in [3.8, 4) is 11.5 Å². The van der Waals surface area contributed by atoms with E-state index in [0.717, 1.165) is 25.9 Å². The number of rotatable bonds is 6. The minimum Gasteiger partial charge on any atom is -0.508 e. The molecule has 0 spiro atoms. The third-order valence-electron chi connectivity index (χ3n) is 3.63. The van der Waals surface area contributed by atoms with Crippen molar-refractivity contribution in [1.82, 2.24) is 4.90 Å². The number of Topliss-reactive ketones (excluding diaryl/α,β-unsaturated/α-hetero) is 1. The first kappa shape index (κ1) is 15.8. The number of carbonyl (C=O) groups excluding carboxylic acids is 1. The number of aliphatic hydroxyl groups excluding tert-OH is 1. The molecule has 3 N–H and O–H groups in total. The molecule has 1 aliphatic rings. The number of nitrogens with zero attached hydrogens (tertiary/aromatic N) is 1. The Balaban J connectivity index is 1.84. The predicted molar refractivity (Wildman–Crippen MR) is 76.6 cm³/mol. The second-order valence-corrected chi connectivity index (χ2v) is 5.19. The Labute approximate surface area is 123 Å². The molecule has 0 aromatic heterocycles. The molecule has 1 heterocycles. The zero-order valence-electron chi connectivity index (χ0n) is 11.9. The monoisotopic (exact) mass is 295 g/mol. The van der Waals surface area contributed by atoms with Crippen LogP contribution >= 0.6 is 0 Å². The number of ether oxygens (including phenoxy) is 1. The Kier molecular flexibility index (Phi) is 5.55. The number of piperidine rings is 1. The lowest BCUT2D eigenvalue weighted by Crippen LogP contribution is -2.40. The predicted octanol–water partition coefficient (Wildman–Crippen LogP) is 0.754. The zero-order chi connectivity index (χ0) is 15.2. The molecule has 1 fully saturated rings. The summed E-state index contributed by atoms with van der Waals surface area (Å²) in [6.45, 7) is 2.12. The SMILES string of the molecule is O=C(CN1CCC(OCCO)CC1)c1ccc(O)cc1O. The van der Waals surface area contributed by atoms with E-state index in [2.05, 4.69) is 0 Å². The van der Waals surface area contributed by atoms with Gasteiger partial charge >= 0.3 is 0 Å². The number of hydrogen-bond acceptors (Lipinski definition) is 6. The largest absolute Gasteiger partial charge is 0.508 e. The molecule has 1 aliphatic heterocycles. The van der Waals surface area contributed by atoms with Crippen LogP contribution in [-0.2, 0) is 4.74 Å². The maximum Gasteiger partial charge on any atom is 0.180 e. The standard InChI is InChI=1S/C15H21NO5/c17-7-8-21-12-3-5-16(6-4-12)10-15(20)13-2-1-11(18)9-14(13)19/h1-2,9,12,17-19H,3-8,10H2. The highest BCUT2D eigenvalue weighted by Gasteiger charge is 2.22. The maximum absolute atomic E-state index is 12.2. The molecule has 0 bridgehead atoms. The summed E-state index contributed by atoms with van der Waals surface area (Å²) >= 11 is 0. The lowest BCUT2D eigenvalue weighted by Gasteiger charge is -2.31. The molecule has 6 heteroatoms. The normalized spacial score (nSPS) is 17.0. The Bertz CT molecular complexity index is 483. The van der Waals surface area contributed by atoms with Gasteiger partial charge in [-0.1, -0.05) is 0 Å². The Morgan fingerprint density at radius 1 is 1.29 bits per heavy atom. The van der Waals surface area contributed by atoms with Gasteiger partial charge in [0.15, 0.2) is 5.78 Å². The average molecular weight is 295 g/mol. The summed E-state index contributed by atoms with van der Waals surface area (Å²) in [5.74, 6) is -0.422. The zero-order valence-corrected chi connectivity index (χ0v) is 11.9. The summed E-state index contributed by atoms with van der Waals surface area (Å²) in [4.78, 5) is 14.2. The number of benzene rings is 1. The van der Waals surface area contributed by atoms with Crippen molar-refractivity contribution in [2.45, 2.75) is 18.9 Å². The van der Waals surface area contributed by atoms with Gasteiger partial charge in [-0.05, 0) is 25.0 Å². The molecule has 0 unspecified atom stereocenters. The number of phenols is 2. The molecular weight excluding hydrogens is 274 g/mol. The number of hydrogen-bond donors (Lipinski definition) is 3. The molecule has 0 atom stereocenters. The van der Waals surface area contributed by atoms with Gasteiger partial charge in [-0.2, -0.15) is 0 Å². The molecule has 1 saturated heterocycles. The van der Waals surface area contributed by atoms with E-state index in [4.69, 9.17) is 9.84 Å². The van der Waals surface area contributed by atoms with Crippen molar-refractivity contribution >= 4 is 5.78 Å². The van der Waals surface area contributed by atoms with Gasteiger partial charge < -0.3 is 20.1 Å². The quantitative estimate of drug-likeness (QED) is 0.671. The van der Waals surface area contributed by atoms with Crippen LogP contribution in [0.1, 0.15) is 23.2 Å². The topological polar surface area (TPSA) is 90.2 Å². The van der Waals surface area contributed by atoms with Gasteiger partial charge in [-0.15, -0.1) is 0 Å². The third kappa shape index (κ3) is 4.42. The van der Waals surface area contributed by atoms with Crippen molar-refractivity contribution < 1.29 is 24.9 Å². The van der Waals surface area contributed by atoms with Crippen LogP contribution in [0.15, 0.2) is 18.2 Å². The van der Waals surface area contributed by atoms with Crippen LogP contribution in [0.3, 0.4) is 0 Å². The maximum atomic E-state index is 12.2. The first-order chi connectivity index (χ1) is 10.1.